The molecule has 3 nitrogen and oxygen atoms in total. The third kappa shape index (κ3) is 2.62. The SMILES string of the molecule is CCCN(c1cc(Br)ccc1C#N)C1CNC1. The fraction of sp³-hybridized carbons (Fsp3) is 0.462. The smallest absolute Gasteiger partial charge is 0.101 e. The van der Waals surface area contributed by atoms with E-state index in [1.54, 1.807) is 0 Å². The van der Waals surface area contributed by atoms with Crippen LogP contribution in [-0.4, -0.2) is 25.7 Å². The van der Waals surface area contributed by atoms with Crippen molar-refractivity contribution in [2.24, 2.45) is 0 Å². The fourth-order valence-corrected chi connectivity index (χ4v) is 2.42. The van der Waals surface area contributed by atoms with Crippen molar-refractivity contribution < 1.29 is 0 Å². The summed E-state index contributed by atoms with van der Waals surface area (Å²) in [5.74, 6) is 0. The van der Waals surface area contributed by atoms with Gasteiger partial charge in [0.2, 0.25) is 0 Å². The van der Waals surface area contributed by atoms with E-state index in [-0.39, 0.29) is 0 Å². The van der Waals surface area contributed by atoms with Gasteiger partial charge in [0.1, 0.15) is 6.07 Å². The zero-order valence-electron chi connectivity index (χ0n) is 9.91. The van der Waals surface area contributed by atoms with E-state index in [2.05, 4.69) is 39.1 Å². The average molecular weight is 294 g/mol. The van der Waals surface area contributed by atoms with E-state index in [1.165, 1.54) is 0 Å². The second-order valence-electron chi connectivity index (χ2n) is 4.28. The van der Waals surface area contributed by atoms with Crippen molar-refractivity contribution in [2.45, 2.75) is 19.4 Å². The first-order chi connectivity index (χ1) is 8.26. The minimum absolute atomic E-state index is 0.524. The first-order valence-electron chi connectivity index (χ1n) is 5.93. The Kier molecular flexibility index (Phi) is 4.03. The summed E-state index contributed by atoms with van der Waals surface area (Å²) in [4.78, 5) is 2.35. The lowest BCUT2D eigenvalue weighted by atomic mass is 10.1. The van der Waals surface area contributed by atoms with Gasteiger partial charge < -0.3 is 10.2 Å². The van der Waals surface area contributed by atoms with Crippen LogP contribution in [-0.2, 0) is 0 Å². The van der Waals surface area contributed by atoms with Crippen LogP contribution in [0.3, 0.4) is 0 Å². The lowest BCUT2D eigenvalue weighted by Crippen LogP contribution is -2.57. The van der Waals surface area contributed by atoms with Gasteiger partial charge in [-0.15, -0.1) is 0 Å². The Morgan fingerprint density at radius 3 is 2.82 bits per heavy atom. The van der Waals surface area contributed by atoms with Gasteiger partial charge >= 0.3 is 0 Å². The topological polar surface area (TPSA) is 39.1 Å². The van der Waals surface area contributed by atoms with E-state index in [1.807, 2.05) is 18.2 Å². The summed E-state index contributed by atoms with van der Waals surface area (Å²) in [6.45, 7) is 5.19. The monoisotopic (exact) mass is 293 g/mol. The second-order valence-corrected chi connectivity index (χ2v) is 5.19. The Bertz CT molecular complexity index is 435. The average Bonchev–Trinajstić information content (AvgIpc) is 2.26. The molecule has 1 aromatic rings. The van der Waals surface area contributed by atoms with Gasteiger partial charge in [-0.1, -0.05) is 22.9 Å². The molecule has 17 heavy (non-hydrogen) atoms. The predicted octanol–water partition coefficient (Wildman–Crippen LogP) is 2.51. The summed E-state index contributed by atoms with van der Waals surface area (Å²) >= 11 is 3.48. The number of nitrogens with zero attached hydrogens (tertiary/aromatic N) is 2. The molecule has 90 valence electrons. The highest BCUT2D eigenvalue weighted by Crippen LogP contribution is 2.27. The van der Waals surface area contributed by atoms with Crippen LogP contribution < -0.4 is 10.2 Å². The molecular formula is C13H16BrN3. The minimum atomic E-state index is 0.524. The predicted molar refractivity (Wildman–Crippen MR) is 73.2 cm³/mol. The molecule has 1 saturated heterocycles. The van der Waals surface area contributed by atoms with E-state index >= 15 is 0 Å². The van der Waals surface area contributed by atoms with Crippen LogP contribution in [0.25, 0.3) is 0 Å². The summed E-state index contributed by atoms with van der Waals surface area (Å²) in [6.07, 6.45) is 1.09. The van der Waals surface area contributed by atoms with Crippen LogP contribution in [0.5, 0.6) is 0 Å². The fourth-order valence-electron chi connectivity index (χ4n) is 2.07. The molecule has 1 aromatic carbocycles. The number of nitrogens with one attached hydrogen (secondary N) is 1. The number of anilines is 1. The summed E-state index contributed by atoms with van der Waals surface area (Å²) in [5.41, 5.74) is 1.81. The van der Waals surface area contributed by atoms with E-state index in [0.717, 1.165) is 41.8 Å². The van der Waals surface area contributed by atoms with Crippen molar-refractivity contribution in [1.29, 1.82) is 5.26 Å². The molecule has 0 spiro atoms. The molecule has 1 aliphatic rings. The normalized spacial score (nSPS) is 15.1. The van der Waals surface area contributed by atoms with Gasteiger partial charge in [0.05, 0.1) is 17.3 Å². The Balaban J connectivity index is 2.33. The Labute approximate surface area is 111 Å². The molecule has 0 aromatic heterocycles. The highest BCUT2D eigenvalue weighted by atomic mass is 79.9. The van der Waals surface area contributed by atoms with E-state index in [9.17, 15) is 5.26 Å². The molecule has 1 heterocycles. The maximum absolute atomic E-state index is 9.19. The van der Waals surface area contributed by atoms with Gasteiger partial charge in [-0.05, 0) is 24.6 Å². The number of benzene rings is 1. The Morgan fingerprint density at radius 2 is 2.29 bits per heavy atom. The van der Waals surface area contributed by atoms with Gasteiger partial charge in [-0.3, -0.25) is 0 Å². The van der Waals surface area contributed by atoms with Crippen molar-refractivity contribution in [3.63, 3.8) is 0 Å². The van der Waals surface area contributed by atoms with Crippen molar-refractivity contribution in [3.8, 4) is 6.07 Å². The Hall–Kier alpha value is -1.05. The van der Waals surface area contributed by atoms with Crippen molar-refractivity contribution in [1.82, 2.24) is 5.32 Å². The zero-order chi connectivity index (χ0) is 12.3. The quantitative estimate of drug-likeness (QED) is 0.927. The number of halogens is 1. The van der Waals surface area contributed by atoms with Gasteiger partial charge in [0.15, 0.2) is 0 Å². The van der Waals surface area contributed by atoms with E-state index in [4.69, 9.17) is 0 Å². The minimum Gasteiger partial charge on any atom is -0.365 e. The molecule has 2 rings (SSSR count). The molecule has 0 aliphatic carbocycles. The molecule has 4 heteroatoms. The first kappa shape index (κ1) is 12.4. The molecule has 0 radical (unpaired) electrons. The van der Waals surface area contributed by atoms with Crippen LogP contribution in [0.15, 0.2) is 22.7 Å². The Morgan fingerprint density at radius 1 is 1.53 bits per heavy atom. The maximum Gasteiger partial charge on any atom is 0.101 e. The molecule has 1 N–H and O–H groups in total. The molecule has 1 fully saturated rings. The molecule has 0 saturated carbocycles. The summed E-state index contributed by atoms with van der Waals surface area (Å²) < 4.78 is 1.03. The first-order valence-corrected chi connectivity index (χ1v) is 6.72. The highest BCUT2D eigenvalue weighted by molar-refractivity contribution is 9.10. The molecular weight excluding hydrogens is 278 g/mol. The summed E-state index contributed by atoms with van der Waals surface area (Å²) in [7, 11) is 0. The molecule has 1 aliphatic heterocycles. The van der Waals surface area contributed by atoms with Crippen molar-refractivity contribution in [2.75, 3.05) is 24.5 Å². The molecule has 0 bridgehead atoms. The van der Waals surface area contributed by atoms with Crippen molar-refractivity contribution >= 4 is 21.6 Å². The van der Waals surface area contributed by atoms with Crippen LogP contribution >= 0.6 is 15.9 Å². The molecule has 0 amide bonds. The third-order valence-electron chi connectivity index (χ3n) is 3.05. The number of nitriles is 1. The van der Waals surface area contributed by atoms with Crippen LogP contribution in [0.1, 0.15) is 18.9 Å². The van der Waals surface area contributed by atoms with E-state index < -0.39 is 0 Å². The molecule has 0 atom stereocenters. The zero-order valence-corrected chi connectivity index (χ0v) is 11.5. The van der Waals surface area contributed by atoms with Gasteiger partial charge in [-0.2, -0.15) is 5.26 Å². The van der Waals surface area contributed by atoms with Crippen molar-refractivity contribution in [3.05, 3.63) is 28.2 Å². The number of hydrogen-bond acceptors (Lipinski definition) is 3. The van der Waals surface area contributed by atoms with Gasteiger partial charge in [0, 0.05) is 24.1 Å². The lowest BCUT2D eigenvalue weighted by molar-refractivity contribution is 0.412. The lowest BCUT2D eigenvalue weighted by Gasteiger charge is -2.40. The van der Waals surface area contributed by atoms with Crippen LogP contribution in [0.2, 0.25) is 0 Å². The number of rotatable bonds is 4. The molecule has 0 unspecified atom stereocenters. The third-order valence-corrected chi connectivity index (χ3v) is 3.55. The highest BCUT2D eigenvalue weighted by Gasteiger charge is 2.25. The maximum atomic E-state index is 9.19. The summed E-state index contributed by atoms with van der Waals surface area (Å²) in [6, 6.07) is 8.66. The van der Waals surface area contributed by atoms with E-state index in [0.29, 0.717) is 6.04 Å². The van der Waals surface area contributed by atoms with Crippen LogP contribution in [0, 0.1) is 11.3 Å². The summed E-state index contributed by atoms with van der Waals surface area (Å²) in [5, 5.41) is 12.5. The van der Waals surface area contributed by atoms with Crippen LogP contribution in [0.4, 0.5) is 5.69 Å². The van der Waals surface area contributed by atoms with Gasteiger partial charge in [-0.25, -0.2) is 0 Å². The largest absolute Gasteiger partial charge is 0.365 e. The second kappa shape index (κ2) is 5.52. The van der Waals surface area contributed by atoms with Gasteiger partial charge in [0.25, 0.3) is 0 Å². The number of hydrogen-bond donors (Lipinski definition) is 1. The standard InChI is InChI=1S/C13H16BrN3/c1-2-5-17(12-8-16-9-12)13-6-11(14)4-3-10(13)7-15/h3-4,6,12,16H,2,5,8-9H2,1H3.